The molecule has 168 valence electrons. The third-order valence-electron chi connectivity index (χ3n) is 5.63. The normalized spacial score (nSPS) is 17.4. The third-order valence-corrected chi connectivity index (χ3v) is 5.63. The number of phenolic OH excluding ortho intramolecular Hbond substituents is 1. The van der Waals surface area contributed by atoms with Gasteiger partial charge in [0.15, 0.2) is 0 Å². The van der Waals surface area contributed by atoms with Gasteiger partial charge in [-0.25, -0.2) is 0 Å². The Morgan fingerprint density at radius 3 is 2.45 bits per heavy atom. The Bertz CT molecular complexity index is 1200. The average molecular weight is 443 g/mol. The van der Waals surface area contributed by atoms with Crippen LogP contribution in [0.15, 0.2) is 84.4 Å². The summed E-state index contributed by atoms with van der Waals surface area (Å²) in [4.78, 5) is 27.6. The fourth-order valence-electron chi connectivity index (χ4n) is 4.10. The van der Waals surface area contributed by atoms with Crippen LogP contribution in [0.5, 0.6) is 11.5 Å². The van der Waals surface area contributed by atoms with Gasteiger partial charge in [-0.15, -0.1) is 0 Å². The van der Waals surface area contributed by atoms with Crippen molar-refractivity contribution in [2.45, 2.75) is 19.4 Å². The molecule has 1 aliphatic heterocycles. The van der Waals surface area contributed by atoms with Gasteiger partial charge in [0.05, 0.1) is 18.2 Å². The molecule has 2 N–H and O–H groups in total. The number of phenols is 1. The van der Waals surface area contributed by atoms with E-state index in [1.54, 1.807) is 36.4 Å². The van der Waals surface area contributed by atoms with Crippen LogP contribution in [0, 0.1) is 0 Å². The minimum atomic E-state index is -0.823. The predicted octanol–water partition coefficient (Wildman–Crippen LogP) is 4.46. The summed E-state index contributed by atoms with van der Waals surface area (Å²) in [6.07, 6.45) is 0.545. The lowest BCUT2D eigenvalue weighted by Gasteiger charge is -2.25. The van der Waals surface area contributed by atoms with E-state index in [4.69, 9.17) is 4.74 Å². The summed E-state index contributed by atoms with van der Waals surface area (Å²) in [5, 5.41) is 21.2. The molecule has 0 aromatic heterocycles. The Labute approximate surface area is 192 Å². The molecule has 1 heterocycles. The van der Waals surface area contributed by atoms with Gasteiger partial charge in [0.1, 0.15) is 17.3 Å². The van der Waals surface area contributed by atoms with Crippen molar-refractivity contribution in [3.63, 3.8) is 0 Å². The fraction of sp³-hybridized carbons (Fsp3) is 0.185. The van der Waals surface area contributed by atoms with Crippen molar-refractivity contribution in [1.29, 1.82) is 0 Å². The van der Waals surface area contributed by atoms with Gasteiger partial charge in [0.2, 0.25) is 0 Å². The Hall–Kier alpha value is -4.06. The van der Waals surface area contributed by atoms with Crippen LogP contribution in [0.4, 0.5) is 0 Å². The molecule has 0 spiro atoms. The van der Waals surface area contributed by atoms with Crippen LogP contribution in [-0.4, -0.2) is 40.0 Å². The van der Waals surface area contributed by atoms with E-state index in [-0.39, 0.29) is 23.6 Å². The molecule has 1 atom stereocenters. The first-order valence-corrected chi connectivity index (χ1v) is 10.8. The Morgan fingerprint density at radius 2 is 1.73 bits per heavy atom. The summed E-state index contributed by atoms with van der Waals surface area (Å²) in [6, 6.07) is 22.0. The van der Waals surface area contributed by atoms with Crippen molar-refractivity contribution in [2.75, 3.05) is 13.2 Å². The van der Waals surface area contributed by atoms with E-state index >= 15 is 0 Å². The molecular formula is C27H25NO5. The van der Waals surface area contributed by atoms with Crippen LogP contribution in [0.3, 0.4) is 0 Å². The van der Waals surface area contributed by atoms with Gasteiger partial charge in [-0.1, -0.05) is 54.6 Å². The van der Waals surface area contributed by atoms with Gasteiger partial charge in [-0.05, 0) is 48.7 Å². The number of hydrogen-bond acceptors (Lipinski definition) is 5. The topological polar surface area (TPSA) is 87.1 Å². The maximum atomic E-state index is 13.1. The zero-order valence-electron chi connectivity index (χ0n) is 18.3. The number of aliphatic hydroxyl groups excluding tert-OH is 1. The molecule has 0 saturated carbocycles. The smallest absolute Gasteiger partial charge is 0.295 e. The number of aliphatic hydroxyl groups is 1. The number of hydrogen-bond donors (Lipinski definition) is 2. The van der Waals surface area contributed by atoms with E-state index in [9.17, 15) is 19.8 Å². The van der Waals surface area contributed by atoms with E-state index in [0.717, 1.165) is 5.56 Å². The van der Waals surface area contributed by atoms with Gasteiger partial charge in [-0.2, -0.15) is 0 Å². The first-order valence-electron chi connectivity index (χ1n) is 10.8. The van der Waals surface area contributed by atoms with E-state index in [1.165, 1.54) is 17.0 Å². The summed E-state index contributed by atoms with van der Waals surface area (Å²) in [7, 11) is 0. The molecule has 0 aliphatic carbocycles. The Balaban J connectivity index is 1.79. The number of carbonyl (C=O) groups is 2. The van der Waals surface area contributed by atoms with E-state index in [2.05, 4.69) is 0 Å². The Kier molecular flexibility index (Phi) is 6.45. The quantitative estimate of drug-likeness (QED) is 0.320. The number of likely N-dealkylation sites (tertiary alicyclic amines) is 1. The second kappa shape index (κ2) is 9.61. The molecule has 1 amide bonds. The second-order valence-electron chi connectivity index (χ2n) is 7.78. The summed E-state index contributed by atoms with van der Waals surface area (Å²) in [5.41, 5.74) is 1.95. The molecule has 6 heteroatoms. The van der Waals surface area contributed by atoms with Gasteiger partial charge >= 0.3 is 0 Å². The standard InChI is InChI=1S/C27H25NO5/c1-2-33-22-13-7-11-20(17-22)25(30)23-24(19-10-6-12-21(29)16-19)28(27(32)26(23)31)15-14-18-8-4-3-5-9-18/h3-13,16-17,24,29-30H,2,14-15H2,1H3. The molecule has 1 saturated heterocycles. The molecule has 1 aliphatic rings. The molecule has 1 fully saturated rings. The summed E-state index contributed by atoms with van der Waals surface area (Å²) >= 11 is 0. The lowest BCUT2D eigenvalue weighted by Crippen LogP contribution is -2.31. The van der Waals surface area contributed by atoms with Gasteiger partial charge in [0, 0.05) is 12.1 Å². The highest BCUT2D eigenvalue weighted by Gasteiger charge is 2.45. The van der Waals surface area contributed by atoms with E-state index < -0.39 is 17.7 Å². The van der Waals surface area contributed by atoms with Crippen molar-refractivity contribution in [1.82, 2.24) is 4.90 Å². The lowest BCUT2D eigenvalue weighted by molar-refractivity contribution is -0.139. The molecule has 3 aromatic rings. The van der Waals surface area contributed by atoms with Gasteiger partial charge in [0.25, 0.3) is 11.7 Å². The highest BCUT2D eigenvalue weighted by atomic mass is 16.5. The average Bonchev–Trinajstić information content (AvgIpc) is 3.08. The molecule has 4 rings (SSSR count). The van der Waals surface area contributed by atoms with Gasteiger partial charge in [-0.3, -0.25) is 9.59 Å². The van der Waals surface area contributed by atoms with Gasteiger partial charge < -0.3 is 19.8 Å². The number of benzene rings is 3. The van der Waals surface area contributed by atoms with Crippen molar-refractivity contribution in [3.05, 3.63) is 101 Å². The largest absolute Gasteiger partial charge is 0.508 e. The molecular weight excluding hydrogens is 418 g/mol. The Morgan fingerprint density at radius 1 is 0.970 bits per heavy atom. The number of ketones is 1. The number of Topliss-reactive ketones (excluding diaryl/α,β-unsaturated/α-hetero) is 1. The van der Waals surface area contributed by atoms with Crippen LogP contribution >= 0.6 is 0 Å². The maximum absolute atomic E-state index is 13.1. The highest BCUT2D eigenvalue weighted by Crippen LogP contribution is 2.40. The van der Waals surface area contributed by atoms with E-state index in [1.807, 2.05) is 37.3 Å². The van der Waals surface area contributed by atoms with Crippen molar-refractivity contribution in [2.24, 2.45) is 0 Å². The lowest BCUT2D eigenvalue weighted by atomic mass is 9.95. The first kappa shape index (κ1) is 22.1. The predicted molar refractivity (Wildman–Crippen MR) is 125 cm³/mol. The molecule has 0 bridgehead atoms. The summed E-state index contributed by atoms with van der Waals surface area (Å²) in [5.74, 6) is -1.14. The van der Waals surface area contributed by atoms with Crippen LogP contribution in [-0.2, 0) is 16.0 Å². The van der Waals surface area contributed by atoms with Crippen LogP contribution < -0.4 is 4.74 Å². The number of nitrogens with zero attached hydrogens (tertiary/aromatic N) is 1. The second-order valence-corrected chi connectivity index (χ2v) is 7.78. The monoisotopic (exact) mass is 443 g/mol. The number of ether oxygens (including phenoxy) is 1. The number of carbonyl (C=O) groups excluding carboxylic acids is 2. The summed E-state index contributed by atoms with van der Waals surface area (Å²) < 4.78 is 5.51. The summed E-state index contributed by atoms with van der Waals surface area (Å²) in [6.45, 7) is 2.59. The van der Waals surface area contributed by atoms with Crippen LogP contribution in [0.25, 0.3) is 5.76 Å². The minimum absolute atomic E-state index is 0.00712. The highest BCUT2D eigenvalue weighted by molar-refractivity contribution is 6.46. The van der Waals surface area contributed by atoms with Crippen molar-refractivity contribution < 1.29 is 24.5 Å². The molecule has 1 unspecified atom stereocenters. The number of rotatable bonds is 7. The van der Waals surface area contributed by atoms with Crippen molar-refractivity contribution in [3.8, 4) is 11.5 Å². The zero-order valence-corrected chi connectivity index (χ0v) is 18.3. The van der Waals surface area contributed by atoms with Crippen LogP contribution in [0.1, 0.15) is 29.7 Å². The number of amides is 1. The van der Waals surface area contributed by atoms with Crippen molar-refractivity contribution >= 4 is 17.4 Å². The van der Waals surface area contributed by atoms with E-state index in [0.29, 0.717) is 29.9 Å². The molecule has 6 nitrogen and oxygen atoms in total. The SMILES string of the molecule is CCOc1cccc(C(O)=C2C(=O)C(=O)N(CCc3ccccc3)C2c2cccc(O)c2)c1. The minimum Gasteiger partial charge on any atom is -0.508 e. The maximum Gasteiger partial charge on any atom is 0.295 e. The zero-order chi connectivity index (χ0) is 23.4. The third kappa shape index (κ3) is 4.60. The van der Waals surface area contributed by atoms with Crippen LogP contribution in [0.2, 0.25) is 0 Å². The number of aromatic hydroxyl groups is 1. The first-order chi connectivity index (χ1) is 16.0. The fourth-order valence-corrected chi connectivity index (χ4v) is 4.10. The molecule has 33 heavy (non-hydrogen) atoms. The molecule has 0 radical (unpaired) electrons. The molecule has 3 aromatic carbocycles.